The molecule has 2 fully saturated rings. The van der Waals surface area contributed by atoms with Crippen LogP contribution < -0.4 is 9.64 Å². The zero-order valence-electron chi connectivity index (χ0n) is 22.6. The molecule has 0 bridgehead atoms. The van der Waals surface area contributed by atoms with Gasteiger partial charge in [-0.3, -0.25) is 9.69 Å². The van der Waals surface area contributed by atoms with E-state index in [-0.39, 0.29) is 23.5 Å². The predicted molar refractivity (Wildman–Crippen MR) is 154 cm³/mol. The zero-order valence-corrected chi connectivity index (χ0v) is 24.2. The van der Waals surface area contributed by atoms with Crippen LogP contribution in [0.1, 0.15) is 35.6 Å². The van der Waals surface area contributed by atoms with Crippen LogP contribution in [0.3, 0.4) is 0 Å². The first-order valence-electron chi connectivity index (χ1n) is 13.3. The van der Waals surface area contributed by atoms with Gasteiger partial charge in [0.25, 0.3) is 0 Å². The monoisotopic (exact) mass is 569 g/mol. The summed E-state index contributed by atoms with van der Waals surface area (Å²) in [5.41, 5.74) is 6.26. The van der Waals surface area contributed by atoms with Gasteiger partial charge in [-0.2, -0.15) is 0 Å². The summed E-state index contributed by atoms with van der Waals surface area (Å²) >= 11 is 1.54. The molecule has 2 unspecified atom stereocenters. The molecule has 5 rings (SSSR count). The van der Waals surface area contributed by atoms with Crippen molar-refractivity contribution in [2.45, 2.75) is 46.4 Å². The van der Waals surface area contributed by atoms with Crippen LogP contribution in [0.2, 0.25) is 0 Å². The number of ether oxygens (including phenoxy) is 1. The van der Waals surface area contributed by atoms with E-state index in [1.54, 1.807) is 0 Å². The first-order valence-corrected chi connectivity index (χ1v) is 16.0. The Hall–Kier alpha value is -2.95. The van der Waals surface area contributed by atoms with Gasteiger partial charge in [0.05, 0.1) is 23.1 Å². The van der Waals surface area contributed by atoms with Crippen LogP contribution in [0.25, 0.3) is 11.3 Å². The number of carboxylic acid groups (broad SMARTS) is 1. The molecule has 2 saturated heterocycles. The number of carboxylic acids is 1. The summed E-state index contributed by atoms with van der Waals surface area (Å²) in [5, 5.41) is 12.4. The highest BCUT2D eigenvalue weighted by Crippen LogP contribution is 2.38. The number of aliphatic carboxylic acids is 1. The first kappa shape index (κ1) is 27.6. The third-order valence-corrected chi connectivity index (χ3v) is 10.3. The molecule has 3 heterocycles. The number of nitrogens with zero attached hydrogens (tertiary/aromatic N) is 3. The Bertz CT molecular complexity index is 1460. The van der Waals surface area contributed by atoms with E-state index in [1.807, 2.05) is 31.4 Å². The molecule has 208 valence electrons. The van der Waals surface area contributed by atoms with E-state index in [2.05, 4.69) is 41.0 Å². The lowest BCUT2D eigenvalue weighted by atomic mass is 10.0. The third kappa shape index (κ3) is 6.28. The molecule has 0 amide bonds. The van der Waals surface area contributed by atoms with E-state index in [9.17, 15) is 18.3 Å². The van der Waals surface area contributed by atoms with Gasteiger partial charge < -0.3 is 14.7 Å². The van der Waals surface area contributed by atoms with Crippen LogP contribution in [0, 0.1) is 19.8 Å². The molecular formula is C29H35N3O5S2. The molecule has 0 radical (unpaired) electrons. The number of aryl methyl sites for hydroxylation is 2. The number of aromatic nitrogens is 1. The smallest absolute Gasteiger partial charge is 0.308 e. The summed E-state index contributed by atoms with van der Waals surface area (Å²) < 4.78 is 29.8. The van der Waals surface area contributed by atoms with E-state index >= 15 is 0 Å². The Morgan fingerprint density at radius 1 is 1.13 bits per heavy atom. The topological polar surface area (TPSA) is 100 Å². The minimum Gasteiger partial charge on any atom is -0.488 e. The Kier molecular flexibility index (Phi) is 7.98. The molecule has 8 nitrogen and oxygen atoms in total. The van der Waals surface area contributed by atoms with Gasteiger partial charge in [-0.1, -0.05) is 29.8 Å². The van der Waals surface area contributed by atoms with Gasteiger partial charge in [-0.05, 0) is 56.0 Å². The average molecular weight is 570 g/mol. The third-order valence-electron chi connectivity index (χ3n) is 7.85. The molecule has 2 aliphatic heterocycles. The van der Waals surface area contributed by atoms with Gasteiger partial charge in [-0.25, -0.2) is 13.4 Å². The van der Waals surface area contributed by atoms with Crippen molar-refractivity contribution in [1.82, 2.24) is 9.88 Å². The van der Waals surface area contributed by atoms with E-state index in [0.717, 1.165) is 45.4 Å². The van der Waals surface area contributed by atoms with E-state index < -0.39 is 15.8 Å². The standard InChI is InChI=1S/C29H35N3O5S2/c1-19-4-7-27(25(14-19)26-18-38-29(30-26)32-9-8-24(21(32)3)28(33)34)37-17-23-6-5-22(15-20(23)2)16-31-10-12-39(35,36)13-11-31/h4-7,14-15,18,21,24H,8-13,16-17H2,1-3H3,(H,33,34). The molecule has 1 aromatic heterocycles. The fraction of sp³-hybridized carbons (Fsp3) is 0.448. The number of anilines is 1. The lowest BCUT2D eigenvalue weighted by Gasteiger charge is -2.26. The molecule has 10 heteroatoms. The second-order valence-corrected chi connectivity index (χ2v) is 13.8. The van der Waals surface area contributed by atoms with Crippen molar-refractivity contribution in [1.29, 1.82) is 0 Å². The summed E-state index contributed by atoms with van der Waals surface area (Å²) in [5.74, 6) is 0.101. The molecule has 0 saturated carbocycles. The Balaban J connectivity index is 1.27. The fourth-order valence-electron chi connectivity index (χ4n) is 5.37. The Morgan fingerprint density at radius 2 is 1.90 bits per heavy atom. The lowest BCUT2D eigenvalue weighted by molar-refractivity contribution is -0.141. The second-order valence-electron chi connectivity index (χ2n) is 10.7. The highest BCUT2D eigenvalue weighted by Gasteiger charge is 2.37. The molecule has 0 spiro atoms. The number of carbonyl (C=O) groups is 1. The maximum absolute atomic E-state index is 11.7. The van der Waals surface area contributed by atoms with Crippen LogP contribution in [0.5, 0.6) is 5.75 Å². The summed E-state index contributed by atoms with van der Waals surface area (Å²) in [7, 11) is -2.88. The normalized spacial score (nSPS) is 21.3. The number of benzene rings is 2. The molecule has 1 N–H and O–H groups in total. The SMILES string of the molecule is Cc1ccc(OCc2ccc(CN3CCS(=O)(=O)CC3)cc2C)c(-c2csc(N3CCC(C(=O)O)C3C)n2)c1. The number of rotatable bonds is 8. The van der Waals surface area contributed by atoms with Crippen molar-refractivity contribution in [2.24, 2.45) is 5.92 Å². The molecule has 3 aromatic rings. The zero-order chi connectivity index (χ0) is 27.7. The number of hydrogen-bond donors (Lipinski definition) is 1. The summed E-state index contributed by atoms with van der Waals surface area (Å²) in [6, 6.07) is 12.3. The van der Waals surface area contributed by atoms with Crippen molar-refractivity contribution in [2.75, 3.05) is 36.0 Å². The molecule has 0 aliphatic carbocycles. The first-order chi connectivity index (χ1) is 18.6. The summed E-state index contributed by atoms with van der Waals surface area (Å²) in [6.45, 7) is 9.09. The molecule has 2 aromatic carbocycles. The summed E-state index contributed by atoms with van der Waals surface area (Å²) in [6.07, 6.45) is 0.627. The van der Waals surface area contributed by atoms with Crippen LogP contribution in [-0.4, -0.2) is 66.6 Å². The Labute approximate surface area is 234 Å². The number of hydrogen-bond acceptors (Lipinski definition) is 8. The minimum atomic E-state index is -2.88. The second kappa shape index (κ2) is 11.3. The van der Waals surface area contributed by atoms with Crippen LogP contribution in [0.15, 0.2) is 41.8 Å². The van der Waals surface area contributed by atoms with Crippen molar-refractivity contribution in [3.05, 3.63) is 64.0 Å². The Morgan fingerprint density at radius 3 is 2.59 bits per heavy atom. The fourth-order valence-corrected chi connectivity index (χ4v) is 7.59. The van der Waals surface area contributed by atoms with E-state index in [4.69, 9.17) is 9.72 Å². The summed E-state index contributed by atoms with van der Waals surface area (Å²) in [4.78, 5) is 20.7. The van der Waals surface area contributed by atoms with Gasteiger partial charge in [0.1, 0.15) is 12.4 Å². The van der Waals surface area contributed by atoms with Gasteiger partial charge >= 0.3 is 5.97 Å². The molecule has 2 atom stereocenters. The van der Waals surface area contributed by atoms with Crippen molar-refractivity contribution >= 4 is 32.3 Å². The van der Waals surface area contributed by atoms with E-state index in [0.29, 0.717) is 32.7 Å². The maximum atomic E-state index is 11.7. The lowest BCUT2D eigenvalue weighted by Crippen LogP contribution is -2.39. The van der Waals surface area contributed by atoms with Crippen LogP contribution in [-0.2, 0) is 27.8 Å². The van der Waals surface area contributed by atoms with Crippen LogP contribution >= 0.6 is 11.3 Å². The maximum Gasteiger partial charge on any atom is 0.308 e. The van der Waals surface area contributed by atoms with Gasteiger partial charge in [0.15, 0.2) is 15.0 Å². The highest BCUT2D eigenvalue weighted by atomic mass is 32.2. The molecule has 2 aliphatic rings. The van der Waals surface area contributed by atoms with Crippen molar-refractivity contribution in [3.8, 4) is 17.0 Å². The predicted octanol–water partition coefficient (Wildman–Crippen LogP) is 4.54. The van der Waals surface area contributed by atoms with E-state index in [1.165, 1.54) is 16.9 Å². The van der Waals surface area contributed by atoms with Gasteiger partial charge in [0, 0.05) is 43.2 Å². The van der Waals surface area contributed by atoms with Gasteiger partial charge in [0.2, 0.25) is 0 Å². The van der Waals surface area contributed by atoms with Crippen molar-refractivity contribution < 1.29 is 23.1 Å². The van der Waals surface area contributed by atoms with Crippen molar-refractivity contribution in [3.63, 3.8) is 0 Å². The molecular weight excluding hydrogens is 534 g/mol. The number of thiazole rings is 1. The minimum absolute atomic E-state index is 0.0939. The number of sulfone groups is 1. The average Bonchev–Trinajstić information content (AvgIpc) is 3.52. The quantitative estimate of drug-likeness (QED) is 0.422. The molecule has 39 heavy (non-hydrogen) atoms. The van der Waals surface area contributed by atoms with Crippen LogP contribution in [0.4, 0.5) is 5.13 Å². The highest BCUT2D eigenvalue weighted by molar-refractivity contribution is 7.91. The van der Waals surface area contributed by atoms with Gasteiger partial charge in [-0.15, -0.1) is 11.3 Å². The largest absolute Gasteiger partial charge is 0.488 e.